The van der Waals surface area contributed by atoms with Gasteiger partial charge in [-0.1, -0.05) is 6.07 Å². The van der Waals surface area contributed by atoms with E-state index in [9.17, 15) is 0 Å². The lowest BCUT2D eigenvalue weighted by Gasteiger charge is -2.10. The van der Waals surface area contributed by atoms with E-state index >= 15 is 0 Å². The van der Waals surface area contributed by atoms with E-state index in [1.807, 2.05) is 6.92 Å². The Kier molecular flexibility index (Phi) is 4.87. The number of aliphatic hydroxyl groups is 1. The van der Waals surface area contributed by atoms with Crippen molar-refractivity contribution in [1.29, 1.82) is 0 Å². The highest BCUT2D eigenvalue weighted by molar-refractivity contribution is 5.37. The van der Waals surface area contributed by atoms with Crippen LogP contribution in [0.1, 0.15) is 30.2 Å². The zero-order valence-corrected chi connectivity index (χ0v) is 12.3. The molecule has 1 aromatic carbocycles. The smallest absolute Gasteiger partial charge is 0.0969 e. The van der Waals surface area contributed by atoms with Crippen molar-refractivity contribution in [2.24, 2.45) is 0 Å². The third-order valence-electron chi connectivity index (χ3n) is 3.17. The van der Waals surface area contributed by atoms with Crippen molar-refractivity contribution in [1.82, 2.24) is 20.3 Å². The predicted octanol–water partition coefficient (Wildman–Crippen LogP) is 1.74. The van der Waals surface area contributed by atoms with Gasteiger partial charge in [-0.05, 0) is 50.5 Å². The Labute approximate surface area is 119 Å². The predicted molar refractivity (Wildman–Crippen MR) is 78.8 cm³/mol. The van der Waals surface area contributed by atoms with Crippen LogP contribution in [0.5, 0.6) is 0 Å². The van der Waals surface area contributed by atoms with Crippen molar-refractivity contribution < 1.29 is 5.11 Å². The van der Waals surface area contributed by atoms with Crippen LogP contribution in [0.3, 0.4) is 0 Å². The topological polar surface area (TPSA) is 63.0 Å². The van der Waals surface area contributed by atoms with Gasteiger partial charge in [0.1, 0.15) is 0 Å². The summed E-state index contributed by atoms with van der Waals surface area (Å²) in [5.74, 6) is 0. The van der Waals surface area contributed by atoms with Gasteiger partial charge in [-0.15, -0.1) is 0 Å². The molecule has 0 saturated heterocycles. The van der Waals surface area contributed by atoms with Crippen LogP contribution < -0.4 is 5.32 Å². The first-order chi connectivity index (χ1) is 9.58. The van der Waals surface area contributed by atoms with Crippen molar-refractivity contribution in [3.8, 4) is 5.69 Å². The van der Waals surface area contributed by atoms with Crippen LogP contribution in [0.15, 0.2) is 24.4 Å². The first kappa shape index (κ1) is 14.7. The molecule has 1 heterocycles. The molecule has 0 saturated carbocycles. The Balaban J connectivity index is 2.05. The zero-order chi connectivity index (χ0) is 14.5. The van der Waals surface area contributed by atoms with Crippen LogP contribution in [-0.2, 0) is 6.54 Å². The maximum atomic E-state index is 8.87. The fourth-order valence-corrected chi connectivity index (χ4v) is 2.14. The van der Waals surface area contributed by atoms with Crippen LogP contribution in [0.25, 0.3) is 5.69 Å². The second-order valence-electron chi connectivity index (χ2n) is 5.27. The van der Waals surface area contributed by atoms with Gasteiger partial charge in [0.2, 0.25) is 0 Å². The van der Waals surface area contributed by atoms with Crippen molar-refractivity contribution in [3.63, 3.8) is 0 Å². The maximum Gasteiger partial charge on any atom is 0.0969 e. The molecule has 2 rings (SSSR count). The molecule has 20 heavy (non-hydrogen) atoms. The van der Waals surface area contributed by atoms with E-state index in [2.05, 4.69) is 47.6 Å². The molecule has 0 amide bonds. The Morgan fingerprint density at radius 2 is 1.95 bits per heavy atom. The summed E-state index contributed by atoms with van der Waals surface area (Å²) in [4.78, 5) is 1.66. The summed E-state index contributed by atoms with van der Waals surface area (Å²) in [5, 5.41) is 21.0. The normalized spacial score (nSPS) is 12.6. The van der Waals surface area contributed by atoms with E-state index in [-0.39, 0.29) is 12.6 Å². The Hall–Kier alpha value is -1.72. The number of aryl methyl sites for hydroxylation is 2. The number of hydrogen-bond acceptors (Lipinski definition) is 4. The van der Waals surface area contributed by atoms with Gasteiger partial charge in [-0.2, -0.15) is 15.0 Å². The number of hydrogen-bond donors (Lipinski definition) is 2. The van der Waals surface area contributed by atoms with Crippen molar-refractivity contribution in [2.45, 2.75) is 39.8 Å². The van der Waals surface area contributed by atoms with Crippen molar-refractivity contribution in [2.75, 3.05) is 6.61 Å². The first-order valence-corrected chi connectivity index (χ1v) is 6.92. The largest absolute Gasteiger partial charge is 0.396 e. The molecule has 5 nitrogen and oxygen atoms in total. The summed E-state index contributed by atoms with van der Waals surface area (Å²) in [7, 11) is 0. The van der Waals surface area contributed by atoms with Crippen LogP contribution in [-0.4, -0.2) is 32.7 Å². The molecule has 0 spiro atoms. The highest BCUT2D eigenvalue weighted by Gasteiger charge is 2.06. The van der Waals surface area contributed by atoms with Gasteiger partial charge in [0, 0.05) is 19.2 Å². The summed E-state index contributed by atoms with van der Waals surface area (Å²) in [6.07, 6.45) is 2.52. The van der Waals surface area contributed by atoms with Gasteiger partial charge >= 0.3 is 0 Å². The van der Waals surface area contributed by atoms with Crippen LogP contribution in [0, 0.1) is 13.8 Å². The molecule has 2 N–H and O–H groups in total. The lowest BCUT2D eigenvalue weighted by atomic mass is 10.1. The van der Waals surface area contributed by atoms with Gasteiger partial charge in [0.15, 0.2) is 0 Å². The fourth-order valence-electron chi connectivity index (χ4n) is 2.14. The lowest BCUT2D eigenvalue weighted by Crippen LogP contribution is -2.26. The van der Waals surface area contributed by atoms with Gasteiger partial charge in [-0.25, -0.2) is 0 Å². The summed E-state index contributed by atoms with van der Waals surface area (Å²) in [6.45, 7) is 7.04. The minimum absolute atomic E-state index is 0.198. The van der Waals surface area contributed by atoms with Gasteiger partial charge in [-0.3, -0.25) is 0 Å². The lowest BCUT2D eigenvalue weighted by molar-refractivity contribution is 0.268. The SMILES string of the molecule is Cc1cc(C)cc(-n2ncc(CN[C@H](C)CCO)n2)c1. The second kappa shape index (κ2) is 6.63. The van der Waals surface area contributed by atoms with E-state index in [4.69, 9.17) is 5.11 Å². The molecule has 0 aliphatic carbocycles. The average molecular weight is 274 g/mol. The number of aliphatic hydroxyl groups excluding tert-OH is 1. The number of benzene rings is 1. The molecule has 0 radical (unpaired) electrons. The highest BCUT2D eigenvalue weighted by Crippen LogP contribution is 2.12. The summed E-state index contributed by atoms with van der Waals surface area (Å²) >= 11 is 0. The first-order valence-electron chi connectivity index (χ1n) is 6.92. The van der Waals surface area contributed by atoms with Gasteiger partial charge in [0.25, 0.3) is 0 Å². The molecule has 2 aromatic rings. The molecule has 0 fully saturated rings. The Morgan fingerprint density at radius 1 is 1.25 bits per heavy atom. The number of rotatable bonds is 6. The summed E-state index contributed by atoms with van der Waals surface area (Å²) in [5.41, 5.74) is 4.29. The van der Waals surface area contributed by atoms with Crippen molar-refractivity contribution >= 4 is 0 Å². The molecule has 1 aromatic heterocycles. The van der Waals surface area contributed by atoms with E-state index < -0.39 is 0 Å². The Morgan fingerprint density at radius 3 is 2.60 bits per heavy atom. The number of aromatic nitrogens is 3. The monoisotopic (exact) mass is 274 g/mol. The molecular formula is C15H22N4O. The van der Waals surface area contributed by atoms with E-state index in [1.54, 1.807) is 11.0 Å². The van der Waals surface area contributed by atoms with Gasteiger partial charge in [0.05, 0.1) is 17.6 Å². The van der Waals surface area contributed by atoms with E-state index in [0.29, 0.717) is 6.54 Å². The number of nitrogens with zero attached hydrogens (tertiary/aromatic N) is 3. The summed E-state index contributed by atoms with van der Waals surface area (Å²) < 4.78 is 0. The molecule has 1 atom stereocenters. The quantitative estimate of drug-likeness (QED) is 0.842. The molecule has 108 valence electrons. The van der Waals surface area contributed by atoms with Crippen molar-refractivity contribution in [3.05, 3.63) is 41.2 Å². The summed E-state index contributed by atoms with van der Waals surface area (Å²) in [6, 6.07) is 6.54. The highest BCUT2D eigenvalue weighted by atomic mass is 16.3. The molecule has 0 aliphatic heterocycles. The van der Waals surface area contributed by atoms with Crippen LogP contribution in [0.4, 0.5) is 0 Å². The molecule has 0 unspecified atom stereocenters. The second-order valence-corrected chi connectivity index (χ2v) is 5.27. The molecule has 0 bridgehead atoms. The standard InChI is InChI=1S/C15H22N4O/c1-11-6-12(2)8-15(7-11)19-17-10-14(18-19)9-16-13(3)4-5-20/h6-8,10,13,16,20H,4-5,9H2,1-3H3/t13-/m1/s1. The maximum absolute atomic E-state index is 8.87. The Bertz CT molecular complexity index is 545. The molecule has 5 heteroatoms. The van der Waals surface area contributed by atoms with Crippen LogP contribution >= 0.6 is 0 Å². The fraction of sp³-hybridized carbons (Fsp3) is 0.467. The molecule has 0 aliphatic rings. The van der Waals surface area contributed by atoms with E-state index in [1.165, 1.54) is 11.1 Å². The molecular weight excluding hydrogens is 252 g/mol. The zero-order valence-electron chi connectivity index (χ0n) is 12.3. The third kappa shape index (κ3) is 3.88. The average Bonchev–Trinajstić information content (AvgIpc) is 2.84. The minimum atomic E-state index is 0.198. The van der Waals surface area contributed by atoms with Gasteiger partial charge < -0.3 is 10.4 Å². The third-order valence-corrected chi connectivity index (χ3v) is 3.17. The number of nitrogens with one attached hydrogen (secondary N) is 1. The minimum Gasteiger partial charge on any atom is -0.396 e. The van der Waals surface area contributed by atoms with Crippen LogP contribution in [0.2, 0.25) is 0 Å². The van der Waals surface area contributed by atoms with E-state index in [0.717, 1.165) is 17.8 Å².